The number of benzene rings is 1. The highest BCUT2D eigenvalue weighted by Crippen LogP contribution is 2.40. The minimum atomic E-state index is 0.298. The maximum Gasteiger partial charge on any atom is 0.135 e. The van der Waals surface area contributed by atoms with Gasteiger partial charge in [0.2, 0.25) is 0 Å². The SMILES string of the molecule is Oc1c(Br)ccc(Br)c1[C@H]1CCN1. The van der Waals surface area contributed by atoms with E-state index < -0.39 is 0 Å². The first-order valence-electron chi connectivity index (χ1n) is 4.10. The number of rotatable bonds is 1. The van der Waals surface area contributed by atoms with Crippen molar-refractivity contribution in [3.05, 3.63) is 26.6 Å². The van der Waals surface area contributed by atoms with E-state index in [1.165, 1.54) is 0 Å². The summed E-state index contributed by atoms with van der Waals surface area (Å²) in [6.07, 6.45) is 1.09. The minimum Gasteiger partial charge on any atom is -0.506 e. The summed E-state index contributed by atoms with van der Waals surface area (Å²) in [5.74, 6) is 0.339. The van der Waals surface area contributed by atoms with Crippen LogP contribution in [-0.2, 0) is 0 Å². The van der Waals surface area contributed by atoms with E-state index in [0.717, 1.165) is 27.5 Å². The van der Waals surface area contributed by atoms with Crippen LogP contribution in [0.3, 0.4) is 0 Å². The molecule has 1 atom stereocenters. The first-order valence-corrected chi connectivity index (χ1v) is 5.69. The summed E-state index contributed by atoms with van der Waals surface area (Å²) >= 11 is 6.74. The van der Waals surface area contributed by atoms with Crippen molar-refractivity contribution in [2.75, 3.05) is 6.54 Å². The predicted molar refractivity (Wildman–Crippen MR) is 58.9 cm³/mol. The topological polar surface area (TPSA) is 32.3 Å². The molecule has 1 fully saturated rings. The zero-order valence-corrected chi connectivity index (χ0v) is 10.0. The Morgan fingerprint density at radius 3 is 2.46 bits per heavy atom. The van der Waals surface area contributed by atoms with Gasteiger partial charge in [-0.1, -0.05) is 15.9 Å². The van der Waals surface area contributed by atoms with E-state index in [-0.39, 0.29) is 0 Å². The van der Waals surface area contributed by atoms with E-state index in [1.807, 2.05) is 12.1 Å². The Hall–Kier alpha value is -0.0600. The third kappa shape index (κ3) is 1.63. The van der Waals surface area contributed by atoms with Gasteiger partial charge in [-0.25, -0.2) is 0 Å². The van der Waals surface area contributed by atoms with Crippen LogP contribution in [0.2, 0.25) is 0 Å². The van der Waals surface area contributed by atoms with Gasteiger partial charge in [0.1, 0.15) is 5.75 Å². The number of hydrogen-bond acceptors (Lipinski definition) is 2. The lowest BCUT2D eigenvalue weighted by molar-refractivity contribution is 0.362. The van der Waals surface area contributed by atoms with Crippen LogP contribution < -0.4 is 5.32 Å². The van der Waals surface area contributed by atoms with Crippen molar-refractivity contribution in [1.82, 2.24) is 5.32 Å². The maximum absolute atomic E-state index is 9.80. The first-order chi connectivity index (χ1) is 6.20. The van der Waals surface area contributed by atoms with Crippen molar-refractivity contribution in [2.24, 2.45) is 0 Å². The summed E-state index contributed by atoms with van der Waals surface area (Å²) in [7, 11) is 0. The fourth-order valence-electron chi connectivity index (χ4n) is 1.42. The molecule has 0 saturated carbocycles. The minimum absolute atomic E-state index is 0.298. The van der Waals surface area contributed by atoms with Crippen molar-refractivity contribution in [2.45, 2.75) is 12.5 Å². The lowest BCUT2D eigenvalue weighted by Crippen LogP contribution is -2.35. The van der Waals surface area contributed by atoms with Crippen molar-refractivity contribution in [3.8, 4) is 5.75 Å². The van der Waals surface area contributed by atoms with Crippen molar-refractivity contribution >= 4 is 31.9 Å². The van der Waals surface area contributed by atoms with Gasteiger partial charge in [0.25, 0.3) is 0 Å². The van der Waals surface area contributed by atoms with Gasteiger partial charge in [-0.2, -0.15) is 0 Å². The molecule has 4 heteroatoms. The van der Waals surface area contributed by atoms with Gasteiger partial charge >= 0.3 is 0 Å². The fraction of sp³-hybridized carbons (Fsp3) is 0.333. The van der Waals surface area contributed by atoms with Crippen molar-refractivity contribution < 1.29 is 5.11 Å². The quantitative estimate of drug-likeness (QED) is 0.836. The number of halogens is 2. The van der Waals surface area contributed by atoms with Crippen LogP contribution in [0.5, 0.6) is 5.75 Å². The van der Waals surface area contributed by atoms with E-state index in [4.69, 9.17) is 0 Å². The van der Waals surface area contributed by atoms with Gasteiger partial charge in [0.05, 0.1) is 4.47 Å². The number of nitrogens with one attached hydrogen (secondary N) is 1. The lowest BCUT2D eigenvalue weighted by atomic mass is 9.97. The number of aromatic hydroxyl groups is 1. The van der Waals surface area contributed by atoms with E-state index in [9.17, 15) is 5.11 Å². The molecule has 0 radical (unpaired) electrons. The molecule has 1 aromatic rings. The van der Waals surface area contributed by atoms with Crippen molar-refractivity contribution in [1.29, 1.82) is 0 Å². The smallest absolute Gasteiger partial charge is 0.135 e. The van der Waals surface area contributed by atoms with Gasteiger partial charge in [-0.3, -0.25) is 0 Å². The highest BCUT2D eigenvalue weighted by atomic mass is 79.9. The summed E-state index contributed by atoms with van der Waals surface area (Å²) in [4.78, 5) is 0. The second-order valence-corrected chi connectivity index (χ2v) is 4.80. The van der Waals surface area contributed by atoms with E-state index in [1.54, 1.807) is 0 Å². The lowest BCUT2D eigenvalue weighted by Gasteiger charge is -2.29. The molecule has 13 heavy (non-hydrogen) atoms. The highest BCUT2D eigenvalue weighted by molar-refractivity contribution is 9.11. The Bertz CT molecular complexity index is 337. The number of phenolic OH excluding ortho intramolecular Hbond substituents is 1. The molecule has 0 aliphatic carbocycles. The van der Waals surface area contributed by atoms with E-state index in [0.29, 0.717) is 11.8 Å². The van der Waals surface area contributed by atoms with Crippen LogP contribution in [0.1, 0.15) is 18.0 Å². The molecular formula is C9H9Br2NO. The summed E-state index contributed by atoms with van der Waals surface area (Å²) in [5, 5.41) is 13.1. The highest BCUT2D eigenvalue weighted by Gasteiger charge is 2.24. The molecule has 1 aliphatic heterocycles. The molecule has 0 bridgehead atoms. The summed E-state index contributed by atoms with van der Waals surface area (Å²) in [6.45, 7) is 1.03. The first kappa shape index (κ1) is 9.49. The zero-order valence-electron chi connectivity index (χ0n) is 6.85. The van der Waals surface area contributed by atoms with Gasteiger partial charge in [0.15, 0.2) is 0 Å². The van der Waals surface area contributed by atoms with Gasteiger partial charge in [-0.15, -0.1) is 0 Å². The number of phenols is 1. The van der Waals surface area contributed by atoms with Crippen LogP contribution in [0.15, 0.2) is 21.1 Å². The molecule has 0 aromatic heterocycles. The third-order valence-electron chi connectivity index (χ3n) is 2.29. The molecule has 0 unspecified atom stereocenters. The second kappa shape index (κ2) is 3.59. The largest absolute Gasteiger partial charge is 0.506 e. The average Bonchev–Trinajstić information content (AvgIpc) is 2.02. The van der Waals surface area contributed by atoms with Crippen molar-refractivity contribution in [3.63, 3.8) is 0 Å². The van der Waals surface area contributed by atoms with Crippen LogP contribution in [0.4, 0.5) is 0 Å². The average molecular weight is 307 g/mol. The molecule has 1 saturated heterocycles. The third-order valence-corrected chi connectivity index (χ3v) is 3.62. The molecular weight excluding hydrogens is 298 g/mol. The monoisotopic (exact) mass is 305 g/mol. The molecule has 2 nitrogen and oxygen atoms in total. The Morgan fingerprint density at radius 2 is 1.92 bits per heavy atom. The maximum atomic E-state index is 9.80. The predicted octanol–water partition coefficient (Wildman–Crippen LogP) is 2.95. The van der Waals surface area contributed by atoms with Gasteiger partial charge in [-0.05, 0) is 41.0 Å². The Morgan fingerprint density at radius 1 is 1.31 bits per heavy atom. The fourth-order valence-corrected chi connectivity index (χ4v) is 2.37. The van der Waals surface area contributed by atoms with Crippen LogP contribution in [0.25, 0.3) is 0 Å². The Kier molecular flexibility index (Phi) is 2.62. The molecule has 2 N–H and O–H groups in total. The van der Waals surface area contributed by atoms with E-state index in [2.05, 4.69) is 37.2 Å². The van der Waals surface area contributed by atoms with Gasteiger partial charge < -0.3 is 10.4 Å². The Balaban J connectivity index is 2.46. The number of hydrogen-bond donors (Lipinski definition) is 2. The molecule has 1 aromatic carbocycles. The normalized spacial score (nSPS) is 21.2. The molecule has 1 aliphatic rings. The summed E-state index contributed by atoms with van der Waals surface area (Å²) < 4.78 is 1.71. The molecule has 1 heterocycles. The van der Waals surface area contributed by atoms with Crippen LogP contribution in [0, 0.1) is 0 Å². The second-order valence-electron chi connectivity index (χ2n) is 3.09. The van der Waals surface area contributed by atoms with Gasteiger partial charge in [0, 0.05) is 16.1 Å². The molecule has 0 spiro atoms. The molecule has 70 valence electrons. The summed E-state index contributed by atoms with van der Waals surface area (Å²) in [6, 6.07) is 4.08. The van der Waals surface area contributed by atoms with Crippen LogP contribution in [-0.4, -0.2) is 11.7 Å². The Labute approximate surface area is 93.6 Å². The van der Waals surface area contributed by atoms with E-state index >= 15 is 0 Å². The standard InChI is InChI=1S/C9H9Br2NO/c10-5-1-2-6(11)9(13)8(5)7-3-4-12-7/h1-2,7,12-13H,3-4H2/t7-/m1/s1. The zero-order chi connectivity index (χ0) is 9.42. The molecule has 0 amide bonds. The summed E-state index contributed by atoms with van der Waals surface area (Å²) in [5.41, 5.74) is 0.959. The molecule has 2 rings (SSSR count). The van der Waals surface area contributed by atoms with Crippen LogP contribution >= 0.6 is 31.9 Å².